The van der Waals surface area contributed by atoms with Gasteiger partial charge in [-0.25, -0.2) is 9.29 Å². The van der Waals surface area contributed by atoms with Gasteiger partial charge in [-0.05, 0) is 36.8 Å². The summed E-state index contributed by atoms with van der Waals surface area (Å²) in [5.41, 5.74) is 0.863. The van der Waals surface area contributed by atoms with Crippen LogP contribution < -0.4 is 4.90 Å². The average molecular weight is 280 g/mol. The smallest absolute Gasteiger partial charge is 0.266 e. The summed E-state index contributed by atoms with van der Waals surface area (Å²) in [5, 5.41) is 9.16. The second-order valence-corrected chi connectivity index (χ2v) is 4.72. The number of rotatable bonds is 1. The number of carbonyl (C=O) groups is 2. The lowest BCUT2D eigenvalue weighted by Crippen LogP contribution is -2.30. The lowest BCUT2D eigenvalue weighted by atomic mass is 10.1. The van der Waals surface area contributed by atoms with Crippen LogP contribution in [0.2, 0.25) is 0 Å². The van der Waals surface area contributed by atoms with Gasteiger partial charge in [-0.15, -0.1) is 0 Å². The number of nitriles is 1. The van der Waals surface area contributed by atoms with Crippen molar-refractivity contribution in [2.45, 2.75) is 6.92 Å². The number of imide groups is 1. The van der Waals surface area contributed by atoms with Crippen molar-refractivity contribution in [3.05, 3.63) is 64.5 Å². The minimum Gasteiger partial charge on any atom is -0.268 e. The first-order chi connectivity index (χ1) is 10.0. The van der Waals surface area contributed by atoms with Crippen LogP contribution in [-0.4, -0.2) is 11.8 Å². The first kappa shape index (κ1) is 13.0. The third-order valence-electron chi connectivity index (χ3n) is 3.43. The highest BCUT2D eigenvalue weighted by Crippen LogP contribution is 2.31. The van der Waals surface area contributed by atoms with Gasteiger partial charge >= 0.3 is 0 Å². The van der Waals surface area contributed by atoms with Crippen LogP contribution in [0.3, 0.4) is 0 Å². The highest BCUT2D eigenvalue weighted by atomic mass is 19.1. The van der Waals surface area contributed by atoms with Gasteiger partial charge in [0.1, 0.15) is 11.9 Å². The predicted molar refractivity (Wildman–Crippen MR) is 73.4 cm³/mol. The molecule has 1 aliphatic heterocycles. The van der Waals surface area contributed by atoms with Crippen molar-refractivity contribution in [3.63, 3.8) is 0 Å². The van der Waals surface area contributed by atoms with Gasteiger partial charge in [0.15, 0.2) is 0 Å². The summed E-state index contributed by atoms with van der Waals surface area (Å²) in [7, 11) is 0. The molecule has 0 fully saturated rings. The van der Waals surface area contributed by atoms with Crippen LogP contribution in [0.15, 0.2) is 36.4 Å². The zero-order valence-electron chi connectivity index (χ0n) is 11.1. The zero-order chi connectivity index (χ0) is 15.1. The number of fused-ring (bicyclic) bond motifs is 1. The largest absolute Gasteiger partial charge is 0.268 e. The quantitative estimate of drug-likeness (QED) is 0.755. The molecule has 2 aromatic rings. The molecule has 3 rings (SSSR count). The monoisotopic (exact) mass is 280 g/mol. The molecule has 0 bridgehead atoms. The Morgan fingerprint density at radius 3 is 2.19 bits per heavy atom. The highest BCUT2D eigenvalue weighted by molar-refractivity contribution is 6.34. The van der Waals surface area contributed by atoms with E-state index in [1.807, 2.05) is 6.07 Å². The van der Waals surface area contributed by atoms with Gasteiger partial charge in [0.05, 0.1) is 22.4 Å². The first-order valence-corrected chi connectivity index (χ1v) is 6.22. The fourth-order valence-electron chi connectivity index (χ4n) is 2.35. The number of hydrogen-bond donors (Lipinski definition) is 0. The molecule has 2 amide bonds. The average Bonchev–Trinajstić information content (AvgIpc) is 2.74. The molecule has 0 aromatic heterocycles. The van der Waals surface area contributed by atoms with E-state index < -0.39 is 17.6 Å². The third-order valence-corrected chi connectivity index (χ3v) is 3.43. The molecule has 0 aliphatic carbocycles. The Bertz CT molecular complexity index is 802. The molecule has 0 spiro atoms. The lowest BCUT2D eigenvalue weighted by molar-refractivity contribution is 0.0926. The number of halogens is 1. The van der Waals surface area contributed by atoms with Crippen LogP contribution in [-0.2, 0) is 0 Å². The molecule has 0 N–H and O–H groups in total. The molecule has 0 unspecified atom stereocenters. The summed E-state index contributed by atoms with van der Waals surface area (Å²) in [4.78, 5) is 25.5. The SMILES string of the molecule is Cc1cc(C#N)c(N2C(=O)c3ccccc3C2=O)cc1F. The minimum absolute atomic E-state index is 0.0215. The molecule has 0 radical (unpaired) electrons. The molecule has 4 nitrogen and oxygen atoms in total. The minimum atomic E-state index is -0.569. The van der Waals surface area contributed by atoms with E-state index >= 15 is 0 Å². The normalized spacial score (nSPS) is 13.3. The van der Waals surface area contributed by atoms with Crippen molar-refractivity contribution in [1.29, 1.82) is 5.26 Å². The summed E-state index contributed by atoms with van der Waals surface area (Å²) in [6.07, 6.45) is 0. The van der Waals surface area contributed by atoms with E-state index in [4.69, 9.17) is 5.26 Å². The molecule has 21 heavy (non-hydrogen) atoms. The van der Waals surface area contributed by atoms with Crippen LogP contribution in [0.5, 0.6) is 0 Å². The molecular weight excluding hydrogens is 271 g/mol. The van der Waals surface area contributed by atoms with Gasteiger partial charge in [0.2, 0.25) is 0 Å². The number of anilines is 1. The van der Waals surface area contributed by atoms with Gasteiger partial charge in [-0.1, -0.05) is 12.1 Å². The van der Waals surface area contributed by atoms with Gasteiger partial charge in [0.25, 0.3) is 11.8 Å². The van der Waals surface area contributed by atoms with Crippen molar-refractivity contribution in [3.8, 4) is 6.07 Å². The maximum Gasteiger partial charge on any atom is 0.266 e. The molecule has 102 valence electrons. The Labute approximate surface area is 120 Å². The van der Waals surface area contributed by atoms with E-state index in [9.17, 15) is 14.0 Å². The summed E-state index contributed by atoms with van der Waals surface area (Å²) in [6.45, 7) is 1.52. The second-order valence-electron chi connectivity index (χ2n) is 4.72. The first-order valence-electron chi connectivity index (χ1n) is 6.22. The second kappa shape index (κ2) is 4.53. The Kier molecular flexibility index (Phi) is 2.80. The van der Waals surface area contributed by atoms with Crippen molar-refractivity contribution >= 4 is 17.5 Å². The van der Waals surface area contributed by atoms with Crippen LogP contribution in [0.1, 0.15) is 31.8 Å². The lowest BCUT2D eigenvalue weighted by Gasteiger charge is -2.16. The number of nitrogens with zero attached hydrogens (tertiary/aromatic N) is 2. The molecule has 1 aliphatic rings. The molecular formula is C16H9FN2O2. The number of amides is 2. The molecule has 0 saturated carbocycles. The van der Waals surface area contributed by atoms with Gasteiger partial charge in [-0.3, -0.25) is 9.59 Å². The van der Waals surface area contributed by atoms with E-state index in [0.717, 1.165) is 11.0 Å². The standard InChI is InChI=1S/C16H9FN2O2/c1-9-6-10(8-18)14(7-13(9)17)19-15(20)11-4-2-3-5-12(11)16(19)21/h2-7H,1H3. The summed E-state index contributed by atoms with van der Waals surface area (Å²) >= 11 is 0. The topological polar surface area (TPSA) is 61.2 Å². The van der Waals surface area contributed by atoms with E-state index in [2.05, 4.69) is 0 Å². The fraction of sp³-hybridized carbons (Fsp3) is 0.0625. The van der Waals surface area contributed by atoms with E-state index in [0.29, 0.717) is 0 Å². The maximum absolute atomic E-state index is 13.8. The molecule has 2 aromatic carbocycles. The van der Waals surface area contributed by atoms with Crippen LogP contribution >= 0.6 is 0 Å². The van der Waals surface area contributed by atoms with Gasteiger partial charge in [0, 0.05) is 0 Å². The van der Waals surface area contributed by atoms with E-state index in [-0.39, 0.29) is 27.9 Å². The summed E-state index contributed by atoms with van der Waals surface area (Å²) < 4.78 is 13.8. The molecule has 1 heterocycles. The Balaban J connectivity index is 2.20. The molecule has 0 atom stereocenters. The van der Waals surface area contributed by atoms with Crippen molar-refractivity contribution < 1.29 is 14.0 Å². The Morgan fingerprint density at radius 2 is 1.67 bits per heavy atom. The summed E-state index contributed by atoms with van der Waals surface area (Å²) in [6, 6.07) is 10.6. The third kappa shape index (κ3) is 1.81. The fourth-order valence-corrected chi connectivity index (χ4v) is 2.35. The number of carbonyl (C=O) groups excluding carboxylic acids is 2. The number of aryl methyl sites for hydroxylation is 1. The van der Waals surface area contributed by atoms with E-state index in [1.165, 1.54) is 25.1 Å². The van der Waals surface area contributed by atoms with Crippen molar-refractivity contribution in [2.24, 2.45) is 0 Å². The van der Waals surface area contributed by atoms with Crippen LogP contribution in [0, 0.1) is 24.1 Å². The van der Waals surface area contributed by atoms with Crippen LogP contribution in [0.4, 0.5) is 10.1 Å². The zero-order valence-corrected chi connectivity index (χ0v) is 11.1. The summed E-state index contributed by atoms with van der Waals surface area (Å²) in [5.74, 6) is -1.66. The van der Waals surface area contributed by atoms with Gasteiger partial charge in [-0.2, -0.15) is 5.26 Å². The van der Waals surface area contributed by atoms with Crippen molar-refractivity contribution in [1.82, 2.24) is 0 Å². The number of benzene rings is 2. The van der Waals surface area contributed by atoms with E-state index in [1.54, 1.807) is 12.1 Å². The van der Waals surface area contributed by atoms with Crippen molar-refractivity contribution in [2.75, 3.05) is 4.90 Å². The Hall–Kier alpha value is -3.00. The molecule has 5 heteroatoms. The van der Waals surface area contributed by atoms with Gasteiger partial charge < -0.3 is 0 Å². The number of hydrogen-bond acceptors (Lipinski definition) is 3. The maximum atomic E-state index is 13.8. The highest BCUT2D eigenvalue weighted by Gasteiger charge is 2.37. The van der Waals surface area contributed by atoms with Crippen LogP contribution in [0.25, 0.3) is 0 Å². The Morgan fingerprint density at radius 1 is 1.10 bits per heavy atom. The predicted octanol–water partition coefficient (Wildman–Crippen LogP) is 2.81. The molecule has 0 saturated heterocycles.